The van der Waals surface area contributed by atoms with Crippen LogP contribution in [0, 0.1) is 11.8 Å². The van der Waals surface area contributed by atoms with Crippen LogP contribution >= 0.6 is 11.6 Å². The van der Waals surface area contributed by atoms with Crippen LogP contribution in [0.25, 0.3) is 0 Å². The smallest absolute Gasteiger partial charge is 0.104 e. The second-order valence-corrected chi connectivity index (χ2v) is 1.02. The molecule has 0 aromatic heterocycles. The Balaban J connectivity index is 3.25. The molecular formula is C5H5ClO. The van der Waals surface area contributed by atoms with E-state index in [1.54, 1.807) is 0 Å². The molecule has 0 spiro atoms. The van der Waals surface area contributed by atoms with Crippen molar-refractivity contribution in [2.75, 3.05) is 6.61 Å². The number of halogens is 1. The third kappa shape index (κ3) is 5.55. The van der Waals surface area contributed by atoms with E-state index in [4.69, 9.17) is 16.7 Å². The van der Waals surface area contributed by atoms with Gasteiger partial charge in [-0.3, -0.25) is 0 Å². The van der Waals surface area contributed by atoms with Gasteiger partial charge in [-0.1, -0.05) is 23.4 Å². The molecule has 0 aromatic carbocycles. The van der Waals surface area contributed by atoms with Crippen LogP contribution in [0.3, 0.4) is 0 Å². The van der Waals surface area contributed by atoms with Gasteiger partial charge in [-0.25, -0.2) is 0 Å². The summed E-state index contributed by atoms with van der Waals surface area (Å²) in [7, 11) is 0. The van der Waals surface area contributed by atoms with E-state index in [9.17, 15) is 0 Å². The molecule has 1 N–H and O–H groups in total. The predicted octanol–water partition coefficient (Wildman–Crippen LogP) is 0.735. The van der Waals surface area contributed by atoms with Crippen molar-refractivity contribution in [1.82, 2.24) is 0 Å². The van der Waals surface area contributed by atoms with Crippen LogP contribution in [0.4, 0.5) is 0 Å². The summed E-state index contributed by atoms with van der Waals surface area (Å²) in [6.07, 6.45) is 1.46. The third-order valence-corrected chi connectivity index (χ3v) is 0.453. The van der Waals surface area contributed by atoms with Crippen molar-refractivity contribution in [3.05, 3.63) is 11.6 Å². The third-order valence-electron chi connectivity index (χ3n) is 0.327. The van der Waals surface area contributed by atoms with Crippen LogP contribution in [0.1, 0.15) is 0 Å². The molecule has 0 saturated heterocycles. The summed E-state index contributed by atoms with van der Waals surface area (Å²) < 4.78 is 0. The molecule has 0 saturated carbocycles. The topological polar surface area (TPSA) is 20.2 Å². The minimum absolute atomic E-state index is 0.110. The molecule has 2 heteroatoms. The van der Waals surface area contributed by atoms with E-state index in [0.29, 0.717) is 0 Å². The van der Waals surface area contributed by atoms with Gasteiger partial charge in [-0.2, -0.15) is 0 Å². The number of allylic oxidation sites excluding steroid dienone is 1. The lowest BCUT2D eigenvalue weighted by atomic mass is 10.6. The first-order valence-electron chi connectivity index (χ1n) is 1.76. The van der Waals surface area contributed by atoms with Crippen LogP contribution < -0.4 is 0 Å². The van der Waals surface area contributed by atoms with Crippen LogP contribution in [-0.4, -0.2) is 11.7 Å². The van der Waals surface area contributed by atoms with Gasteiger partial charge in [0.15, 0.2) is 0 Å². The van der Waals surface area contributed by atoms with Crippen molar-refractivity contribution >= 4 is 11.6 Å². The van der Waals surface area contributed by atoms with E-state index < -0.39 is 0 Å². The standard InChI is InChI=1S/C5H5ClO/c6-4-2-1-3-5-7/h2,4,7H,5H2. The first kappa shape index (κ1) is 6.55. The maximum absolute atomic E-state index is 8.04. The number of aliphatic hydroxyl groups excluding tert-OH is 1. The molecule has 0 bridgehead atoms. The zero-order valence-corrected chi connectivity index (χ0v) is 4.44. The Bertz CT molecular complexity index is 107. The number of hydrogen-bond donors (Lipinski definition) is 1. The predicted molar refractivity (Wildman–Crippen MR) is 29.9 cm³/mol. The Labute approximate surface area is 47.6 Å². The van der Waals surface area contributed by atoms with Crippen molar-refractivity contribution in [2.24, 2.45) is 0 Å². The van der Waals surface area contributed by atoms with Crippen molar-refractivity contribution in [1.29, 1.82) is 0 Å². The van der Waals surface area contributed by atoms with Gasteiger partial charge in [0.05, 0.1) is 0 Å². The molecule has 0 aliphatic rings. The quantitative estimate of drug-likeness (QED) is 0.463. The van der Waals surface area contributed by atoms with Crippen molar-refractivity contribution < 1.29 is 5.11 Å². The number of hydrogen-bond acceptors (Lipinski definition) is 1. The van der Waals surface area contributed by atoms with E-state index in [1.165, 1.54) is 11.6 Å². The minimum atomic E-state index is -0.110. The van der Waals surface area contributed by atoms with Crippen LogP contribution in [0.5, 0.6) is 0 Å². The highest BCUT2D eigenvalue weighted by atomic mass is 35.5. The Morgan fingerprint density at radius 2 is 2.43 bits per heavy atom. The fourth-order valence-electron chi connectivity index (χ4n) is 0.136. The lowest BCUT2D eigenvalue weighted by Crippen LogP contribution is -1.67. The molecule has 0 heterocycles. The normalized spacial score (nSPS) is 8.29. The van der Waals surface area contributed by atoms with Gasteiger partial charge >= 0.3 is 0 Å². The summed E-state index contributed by atoms with van der Waals surface area (Å²) in [6.45, 7) is -0.110. The molecule has 0 aromatic rings. The van der Waals surface area contributed by atoms with Crippen LogP contribution in [0.15, 0.2) is 11.6 Å². The maximum Gasteiger partial charge on any atom is 0.104 e. The highest BCUT2D eigenvalue weighted by Gasteiger charge is 1.55. The average molecular weight is 117 g/mol. The second-order valence-electron chi connectivity index (χ2n) is 0.772. The van der Waals surface area contributed by atoms with Crippen molar-refractivity contribution in [3.8, 4) is 11.8 Å². The Morgan fingerprint density at radius 1 is 1.71 bits per heavy atom. The van der Waals surface area contributed by atoms with Gasteiger partial charge < -0.3 is 5.11 Å². The largest absolute Gasteiger partial charge is 0.384 e. The minimum Gasteiger partial charge on any atom is -0.384 e. The van der Waals surface area contributed by atoms with Gasteiger partial charge in [0.1, 0.15) is 6.61 Å². The molecule has 0 amide bonds. The SMILES string of the molecule is OCC#CC=CCl. The maximum atomic E-state index is 8.04. The summed E-state index contributed by atoms with van der Waals surface area (Å²) in [6, 6.07) is 0. The number of aliphatic hydroxyl groups is 1. The Kier molecular flexibility index (Phi) is 5.19. The summed E-state index contributed by atoms with van der Waals surface area (Å²) in [5.41, 5.74) is 1.29. The monoisotopic (exact) mass is 116 g/mol. The molecule has 1 nitrogen and oxygen atoms in total. The molecule has 0 aliphatic heterocycles. The lowest BCUT2D eigenvalue weighted by molar-refractivity contribution is 0.350. The molecule has 0 fully saturated rings. The van der Waals surface area contributed by atoms with E-state index in [0.717, 1.165) is 0 Å². The number of rotatable bonds is 0. The van der Waals surface area contributed by atoms with E-state index >= 15 is 0 Å². The summed E-state index contributed by atoms with van der Waals surface area (Å²) >= 11 is 5.07. The van der Waals surface area contributed by atoms with Gasteiger partial charge in [-0.15, -0.1) is 0 Å². The first-order valence-corrected chi connectivity index (χ1v) is 2.20. The first-order chi connectivity index (χ1) is 3.41. The molecule has 0 unspecified atom stereocenters. The molecule has 38 valence electrons. The van der Waals surface area contributed by atoms with E-state index in [-0.39, 0.29) is 6.61 Å². The summed E-state index contributed by atoms with van der Waals surface area (Å²) in [5, 5.41) is 8.04. The van der Waals surface area contributed by atoms with E-state index in [1.807, 2.05) is 0 Å². The molecular weight excluding hydrogens is 112 g/mol. The van der Waals surface area contributed by atoms with Gasteiger partial charge in [0, 0.05) is 5.54 Å². The van der Waals surface area contributed by atoms with Gasteiger partial charge in [0.25, 0.3) is 0 Å². The summed E-state index contributed by atoms with van der Waals surface area (Å²) in [4.78, 5) is 0. The fourth-order valence-corrected chi connectivity index (χ4v) is 0.199. The van der Waals surface area contributed by atoms with Gasteiger partial charge in [-0.05, 0) is 6.08 Å². The molecule has 0 aliphatic carbocycles. The van der Waals surface area contributed by atoms with E-state index in [2.05, 4.69) is 11.8 Å². The molecule has 0 rings (SSSR count). The van der Waals surface area contributed by atoms with Gasteiger partial charge in [0.2, 0.25) is 0 Å². The lowest BCUT2D eigenvalue weighted by Gasteiger charge is -1.63. The molecule has 0 atom stereocenters. The second kappa shape index (κ2) is 5.55. The zero-order valence-electron chi connectivity index (χ0n) is 3.69. The van der Waals surface area contributed by atoms with Crippen molar-refractivity contribution in [2.45, 2.75) is 0 Å². The highest BCUT2D eigenvalue weighted by Crippen LogP contribution is 1.72. The Hall–Kier alpha value is -0.450. The van der Waals surface area contributed by atoms with Crippen molar-refractivity contribution in [3.63, 3.8) is 0 Å². The Morgan fingerprint density at radius 3 is 2.86 bits per heavy atom. The average Bonchev–Trinajstić information content (AvgIpc) is 1.69. The molecule has 0 radical (unpaired) electrons. The molecule has 7 heavy (non-hydrogen) atoms. The zero-order chi connectivity index (χ0) is 5.54. The summed E-state index contributed by atoms with van der Waals surface area (Å²) in [5.74, 6) is 4.86. The highest BCUT2D eigenvalue weighted by molar-refractivity contribution is 6.25. The van der Waals surface area contributed by atoms with Crippen LogP contribution in [-0.2, 0) is 0 Å². The fraction of sp³-hybridized carbons (Fsp3) is 0.200. The van der Waals surface area contributed by atoms with Crippen LogP contribution in [0.2, 0.25) is 0 Å².